The number of para-hydroxylation sites is 1. The van der Waals surface area contributed by atoms with E-state index in [1.165, 1.54) is 22.3 Å². The van der Waals surface area contributed by atoms with Gasteiger partial charge in [0.1, 0.15) is 11.3 Å². The lowest BCUT2D eigenvalue weighted by Gasteiger charge is -2.20. The molecule has 0 atom stereocenters. The Hall–Kier alpha value is -3.11. The first kappa shape index (κ1) is 23.1. The molecule has 0 N–H and O–H groups in total. The summed E-state index contributed by atoms with van der Waals surface area (Å²) in [5.41, 5.74) is 1.16. The molecule has 7 nitrogen and oxygen atoms in total. The minimum Gasteiger partial charge on any atom is -0.337 e. The number of imidazole rings is 1. The zero-order valence-corrected chi connectivity index (χ0v) is 19.7. The van der Waals surface area contributed by atoms with E-state index in [0.29, 0.717) is 29.3 Å². The highest BCUT2D eigenvalue weighted by Crippen LogP contribution is 2.31. The number of rotatable bonds is 9. The minimum absolute atomic E-state index is 0.189. The normalized spacial score (nSPS) is 11.7. The Morgan fingerprint density at radius 1 is 1.18 bits per heavy atom. The van der Waals surface area contributed by atoms with Crippen LogP contribution in [-0.4, -0.2) is 41.2 Å². The molecule has 0 spiro atoms. The Bertz CT molecular complexity index is 1350. The summed E-state index contributed by atoms with van der Waals surface area (Å²) in [5, 5.41) is 0.360. The number of hydrogen-bond acceptors (Lipinski definition) is 6. The van der Waals surface area contributed by atoms with Crippen molar-refractivity contribution in [2.24, 2.45) is 0 Å². The fourth-order valence-corrected chi connectivity index (χ4v) is 5.65. The van der Waals surface area contributed by atoms with Crippen molar-refractivity contribution in [1.29, 1.82) is 0 Å². The van der Waals surface area contributed by atoms with Gasteiger partial charge in [0.2, 0.25) is 5.91 Å². The number of hydrogen-bond donors (Lipinski definition) is 0. The van der Waals surface area contributed by atoms with Crippen LogP contribution in [0.2, 0.25) is 0 Å². The molecule has 0 aliphatic carbocycles. The fraction of sp³-hybridized carbons (Fsp3) is 0.261. The average molecular weight is 487 g/mol. The minimum atomic E-state index is -3.61. The second kappa shape index (κ2) is 9.80. The molecule has 4 aromatic rings. The Kier molecular flexibility index (Phi) is 6.85. The summed E-state index contributed by atoms with van der Waals surface area (Å²) < 4.78 is 42.1. The molecule has 0 fully saturated rings. The summed E-state index contributed by atoms with van der Waals surface area (Å²) in [5.74, 6) is -1.13. The molecule has 0 saturated heterocycles. The van der Waals surface area contributed by atoms with Crippen LogP contribution in [0, 0.1) is 12.7 Å². The number of thiazole rings is 1. The van der Waals surface area contributed by atoms with Gasteiger partial charge in [-0.1, -0.05) is 35.1 Å². The Labute approximate surface area is 195 Å². The van der Waals surface area contributed by atoms with Gasteiger partial charge in [0.25, 0.3) is 0 Å². The van der Waals surface area contributed by atoms with Crippen molar-refractivity contribution in [2.45, 2.75) is 31.2 Å². The summed E-state index contributed by atoms with van der Waals surface area (Å²) in [4.78, 5) is 23.1. The van der Waals surface area contributed by atoms with Gasteiger partial charge in [-0.15, -0.1) is 0 Å². The standard InChI is InChI=1S/C23H23FN4O3S2/c1-17-6-8-18(9-7-17)33(30,31)15-10-21(29)28(13-3-12-27-14-11-25-16-27)23-26-22-19(24)4-2-5-20(22)32-23/h2,4-9,11,14,16H,3,10,12-13,15H2,1H3. The number of aryl methyl sites for hydroxylation is 2. The number of anilines is 1. The molecule has 33 heavy (non-hydrogen) atoms. The molecular weight excluding hydrogens is 463 g/mol. The highest BCUT2D eigenvalue weighted by atomic mass is 32.2. The van der Waals surface area contributed by atoms with Gasteiger partial charge in [-0.3, -0.25) is 9.69 Å². The maximum atomic E-state index is 14.2. The Morgan fingerprint density at radius 3 is 2.67 bits per heavy atom. The number of sulfone groups is 1. The van der Waals surface area contributed by atoms with Crippen LogP contribution >= 0.6 is 11.3 Å². The molecule has 10 heteroatoms. The molecule has 2 aromatic heterocycles. The van der Waals surface area contributed by atoms with Gasteiger partial charge in [-0.25, -0.2) is 22.8 Å². The van der Waals surface area contributed by atoms with E-state index in [2.05, 4.69) is 9.97 Å². The van der Waals surface area contributed by atoms with Crippen molar-refractivity contribution >= 4 is 42.4 Å². The molecule has 0 aliphatic heterocycles. The van der Waals surface area contributed by atoms with Crippen molar-refractivity contribution in [2.75, 3.05) is 17.2 Å². The molecule has 172 valence electrons. The lowest BCUT2D eigenvalue weighted by Crippen LogP contribution is -2.33. The highest BCUT2D eigenvalue weighted by molar-refractivity contribution is 7.91. The maximum absolute atomic E-state index is 14.2. The first-order chi connectivity index (χ1) is 15.8. The molecule has 0 aliphatic rings. The summed E-state index contributed by atoms with van der Waals surface area (Å²) in [6.07, 6.45) is 5.60. The molecule has 2 aromatic carbocycles. The quantitative estimate of drug-likeness (QED) is 0.354. The van der Waals surface area contributed by atoms with Gasteiger partial charge in [-0.05, 0) is 37.6 Å². The van der Waals surface area contributed by atoms with E-state index in [0.717, 1.165) is 5.56 Å². The van der Waals surface area contributed by atoms with E-state index >= 15 is 0 Å². The molecule has 4 rings (SSSR count). The van der Waals surface area contributed by atoms with E-state index < -0.39 is 15.7 Å². The van der Waals surface area contributed by atoms with E-state index in [4.69, 9.17) is 0 Å². The third-order valence-corrected chi connectivity index (χ3v) is 7.99. The number of amides is 1. The topological polar surface area (TPSA) is 85.2 Å². The molecule has 0 saturated carbocycles. The second-order valence-electron chi connectivity index (χ2n) is 7.66. The number of aromatic nitrogens is 3. The predicted octanol–water partition coefficient (Wildman–Crippen LogP) is 4.23. The number of carbonyl (C=O) groups excluding carboxylic acids is 1. The van der Waals surface area contributed by atoms with Gasteiger partial charge >= 0.3 is 0 Å². The predicted molar refractivity (Wildman–Crippen MR) is 127 cm³/mol. The van der Waals surface area contributed by atoms with Crippen LogP contribution in [0.25, 0.3) is 10.2 Å². The van der Waals surface area contributed by atoms with E-state index in [1.807, 2.05) is 17.7 Å². The van der Waals surface area contributed by atoms with Crippen molar-refractivity contribution in [1.82, 2.24) is 14.5 Å². The summed E-state index contributed by atoms with van der Waals surface area (Å²) in [6.45, 7) is 2.83. The first-order valence-electron chi connectivity index (χ1n) is 10.4. The lowest BCUT2D eigenvalue weighted by molar-refractivity contribution is -0.118. The lowest BCUT2D eigenvalue weighted by atomic mass is 10.2. The van der Waals surface area contributed by atoms with Crippen LogP contribution in [0.15, 0.2) is 66.1 Å². The van der Waals surface area contributed by atoms with E-state index in [9.17, 15) is 17.6 Å². The molecule has 2 heterocycles. The average Bonchev–Trinajstić information content (AvgIpc) is 3.46. The van der Waals surface area contributed by atoms with Gasteiger partial charge in [-0.2, -0.15) is 0 Å². The van der Waals surface area contributed by atoms with Crippen LogP contribution in [0.4, 0.5) is 9.52 Å². The Morgan fingerprint density at radius 2 is 1.97 bits per heavy atom. The first-order valence-corrected chi connectivity index (χ1v) is 12.9. The monoisotopic (exact) mass is 486 g/mol. The smallest absolute Gasteiger partial charge is 0.229 e. The third kappa shape index (κ3) is 5.45. The van der Waals surface area contributed by atoms with Crippen molar-refractivity contribution in [3.05, 3.63) is 72.6 Å². The molecular formula is C23H23FN4O3S2. The second-order valence-corrected chi connectivity index (χ2v) is 10.8. The zero-order chi connectivity index (χ0) is 23.4. The maximum Gasteiger partial charge on any atom is 0.229 e. The summed E-state index contributed by atoms with van der Waals surface area (Å²) >= 11 is 1.21. The van der Waals surface area contributed by atoms with E-state index in [1.54, 1.807) is 48.9 Å². The largest absolute Gasteiger partial charge is 0.337 e. The fourth-order valence-electron chi connectivity index (χ4n) is 3.40. The molecule has 0 bridgehead atoms. The van der Waals surface area contributed by atoms with Gasteiger partial charge in [0.05, 0.1) is 21.7 Å². The van der Waals surface area contributed by atoms with Crippen LogP contribution < -0.4 is 4.90 Å². The van der Waals surface area contributed by atoms with Gasteiger partial charge < -0.3 is 4.57 Å². The molecule has 0 unspecified atom stereocenters. The van der Waals surface area contributed by atoms with Crippen LogP contribution in [0.1, 0.15) is 18.4 Å². The van der Waals surface area contributed by atoms with Crippen molar-refractivity contribution in [3.63, 3.8) is 0 Å². The Balaban J connectivity index is 1.52. The van der Waals surface area contributed by atoms with Gasteiger partial charge in [0.15, 0.2) is 15.0 Å². The molecule has 1 amide bonds. The zero-order valence-electron chi connectivity index (χ0n) is 18.0. The van der Waals surface area contributed by atoms with Gasteiger partial charge in [0, 0.05) is 31.9 Å². The summed E-state index contributed by atoms with van der Waals surface area (Å²) in [7, 11) is -3.61. The number of benzene rings is 2. The number of halogens is 1. The highest BCUT2D eigenvalue weighted by Gasteiger charge is 2.23. The van der Waals surface area contributed by atoms with Crippen molar-refractivity contribution in [3.8, 4) is 0 Å². The summed E-state index contributed by atoms with van der Waals surface area (Å²) in [6, 6.07) is 11.2. The van der Waals surface area contributed by atoms with E-state index in [-0.39, 0.29) is 28.5 Å². The van der Waals surface area contributed by atoms with Crippen LogP contribution in [0.3, 0.4) is 0 Å². The number of fused-ring (bicyclic) bond motifs is 1. The molecule has 0 radical (unpaired) electrons. The SMILES string of the molecule is Cc1ccc(S(=O)(=O)CCC(=O)N(CCCn2ccnc2)c2nc3c(F)cccc3s2)cc1. The van der Waals surface area contributed by atoms with Crippen molar-refractivity contribution < 1.29 is 17.6 Å². The van der Waals surface area contributed by atoms with Crippen LogP contribution in [-0.2, 0) is 21.2 Å². The number of nitrogens with zero attached hydrogens (tertiary/aromatic N) is 4. The van der Waals surface area contributed by atoms with Crippen LogP contribution in [0.5, 0.6) is 0 Å². The third-order valence-electron chi connectivity index (χ3n) is 5.21. The number of carbonyl (C=O) groups is 1.